The minimum atomic E-state index is -0.894. The second-order valence-electron chi connectivity index (χ2n) is 8.01. The number of nitrogens with zero attached hydrogens (tertiary/aromatic N) is 1. The van der Waals surface area contributed by atoms with Gasteiger partial charge in [0.1, 0.15) is 6.10 Å². The molecule has 0 aliphatic carbocycles. The van der Waals surface area contributed by atoms with Gasteiger partial charge in [0.25, 0.3) is 0 Å². The van der Waals surface area contributed by atoms with Crippen molar-refractivity contribution in [2.24, 2.45) is 0 Å². The Morgan fingerprint density at radius 3 is 2.81 bits per heavy atom. The summed E-state index contributed by atoms with van der Waals surface area (Å²) in [6.07, 6.45) is 1.50. The van der Waals surface area contributed by atoms with Crippen molar-refractivity contribution in [3.05, 3.63) is 88.6 Å². The van der Waals surface area contributed by atoms with E-state index in [1.807, 2.05) is 42.5 Å². The minimum absolute atomic E-state index is 0.0490. The molecule has 0 fully saturated rings. The first-order valence-corrected chi connectivity index (χ1v) is 11.0. The molecule has 0 amide bonds. The molecule has 0 bridgehead atoms. The Morgan fingerprint density at radius 2 is 2.03 bits per heavy atom. The van der Waals surface area contributed by atoms with Crippen molar-refractivity contribution in [2.45, 2.75) is 31.4 Å². The third-order valence-corrected chi connectivity index (χ3v) is 6.05. The lowest BCUT2D eigenvalue weighted by atomic mass is 9.95. The number of aromatic nitrogens is 1. The van der Waals surface area contributed by atoms with Gasteiger partial charge in [-0.05, 0) is 40.8 Å². The number of halogens is 1. The van der Waals surface area contributed by atoms with Gasteiger partial charge in [0.05, 0.1) is 24.7 Å². The van der Waals surface area contributed by atoms with Gasteiger partial charge in [0, 0.05) is 17.8 Å². The largest absolute Gasteiger partial charge is 0.481 e. The zero-order valence-electron chi connectivity index (χ0n) is 17.8. The Hall–Kier alpha value is -3.09. The zero-order chi connectivity index (χ0) is 22.5. The zero-order valence-corrected chi connectivity index (χ0v) is 18.5. The van der Waals surface area contributed by atoms with E-state index in [1.54, 1.807) is 12.3 Å². The van der Waals surface area contributed by atoms with Crippen molar-refractivity contribution in [2.75, 3.05) is 18.4 Å². The van der Waals surface area contributed by atoms with E-state index in [9.17, 15) is 4.79 Å². The van der Waals surface area contributed by atoms with Gasteiger partial charge in [-0.2, -0.15) is 0 Å². The number of rotatable bonds is 8. The monoisotopic (exact) mass is 451 g/mol. The van der Waals surface area contributed by atoms with E-state index in [0.29, 0.717) is 29.6 Å². The van der Waals surface area contributed by atoms with Gasteiger partial charge in [-0.1, -0.05) is 61.0 Å². The van der Waals surface area contributed by atoms with Crippen LogP contribution in [-0.2, 0) is 11.2 Å². The summed E-state index contributed by atoms with van der Waals surface area (Å²) in [4.78, 5) is 15.5. The molecule has 1 aromatic heterocycles. The summed E-state index contributed by atoms with van der Waals surface area (Å²) in [5.41, 5.74) is 3.70. The number of nitrogens with one attached hydrogen (secondary N) is 2. The Labute approximate surface area is 192 Å². The molecule has 1 aliphatic heterocycles. The number of benzene rings is 2. The molecule has 166 valence electrons. The van der Waals surface area contributed by atoms with Gasteiger partial charge in [-0.25, -0.2) is 4.98 Å². The number of carboxylic acids is 1. The van der Waals surface area contributed by atoms with Crippen molar-refractivity contribution in [1.29, 1.82) is 0 Å². The number of fused-ring (bicyclic) bond motifs is 1. The Balaban J connectivity index is 1.51. The number of anilines is 1. The Morgan fingerprint density at radius 1 is 1.22 bits per heavy atom. The molecular formula is C25H26ClN3O3. The number of ether oxygens (including phenoxy) is 1. The van der Waals surface area contributed by atoms with E-state index in [-0.39, 0.29) is 24.5 Å². The van der Waals surface area contributed by atoms with Crippen LogP contribution in [-0.4, -0.2) is 35.3 Å². The summed E-state index contributed by atoms with van der Waals surface area (Å²) in [6, 6.07) is 19.6. The topological polar surface area (TPSA) is 83.5 Å². The van der Waals surface area contributed by atoms with Crippen LogP contribution in [0.5, 0.6) is 5.88 Å². The molecule has 0 saturated carbocycles. The highest BCUT2D eigenvalue weighted by molar-refractivity contribution is 6.31. The van der Waals surface area contributed by atoms with Crippen LogP contribution in [0.25, 0.3) is 0 Å². The fraction of sp³-hybridized carbons (Fsp3) is 0.280. The lowest BCUT2D eigenvalue weighted by Gasteiger charge is -2.33. The molecule has 3 atom stereocenters. The number of carbonyl (C=O) groups is 1. The highest BCUT2D eigenvalue weighted by atomic mass is 35.5. The molecule has 0 saturated heterocycles. The Kier molecular flexibility index (Phi) is 6.93. The average Bonchev–Trinajstić information content (AvgIpc) is 2.81. The van der Waals surface area contributed by atoms with Crippen LogP contribution in [0.15, 0.2) is 66.9 Å². The molecule has 7 heteroatoms. The van der Waals surface area contributed by atoms with E-state index in [0.717, 1.165) is 16.8 Å². The minimum Gasteiger partial charge on any atom is -0.481 e. The molecule has 2 heterocycles. The summed E-state index contributed by atoms with van der Waals surface area (Å²) in [5, 5.41) is 16.7. The molecule has 4 rings (SSSR count). The van der Waals surface area contributed by atoms with Crippen LogP contribution in [0.1, 0.15) is 35.6 Å². The third kappa shape index (κ3) is 5.21. The van der Waals surface area contributed by atoms with Gasteiger partial charge in [0.15, 0.2) is 0 Å². The molecule has 6 nitrogen and oxygen atoms in total. The van der Waals surface area contributed by atoms with Crippen molar-refractivity contribution in [3.8, 4) is 5.88 Å². The fourth-order valence-corrected chi connectivity index (χ4v) is 4.13. The number of hydrogen-bond donors (Lipinski definition) is 3. The van der Waals surface area contributed by atoms with Crippen LogP contribution in [0.2, 0.25) is 5.02 Å². The first kappa shape index (κ1) is 22.1. The van der Waals surface area contributed by atoms with Gasteiger partial charge in [0.2, 0.25) is 5.88 Å². The van der Waals surface area contributed by atoms with Crippen LogP contribution in [0.4, 0.5) is 5.69 Å². The second kappa shape index (κ2) is 10.0. The quantitative estimate of drug-likeness (QED) is 0.461. The highest BCUT2D eigenvalue weighted by Crippen LogP contribution is 2.31. The van der Waals surface area contributed by atoms with Gasteiger partial charge in [-0.15, -0.1) is 0 Å². The predicted molar refractivity (Wildman–Crippen MR) is 126 cm³/mol. The van der Waals surface area contributed by atoms with Crippen LogP contribution < -0.4 is 15.4 Å². The summed E-state index contributed by atoms with van der Waals surface area (Å²) in [5.74, 6) is -0.140. The lowest BCUT2D eigenvalue weighted by molar-refractivity contribution is -0.136. The maximum atomic E-state index is 11.1. The average molecular weight is 452 g/mol. The first-order chi connectivity index (χ1) is 15.5. The van der Waals surface area contributed by atoms with Crippen LogP contribution in [0, 0.1) is 0 Å². The molecule has 1 aliphatic rings. The maximum absolute atomic E-state index is 11.1. The molecule has 3 aromatic rings. The summed E-state index contributed by atoms with van der Waals surface area (Å²) in [6.45, 7) is 3.45. The van der Waals surface area contributed by atoms with E-state index in [4.69, 9.17) is 21.4 Å². The number of carboxylic acid groups (broad SMARTS) is 1. The van der Waals surface area contributed by atoms with E-state index >= 15 is 0 Å². The lowest BCUT2D eigenvalue weighted by Crippen LogP contribution is -2.43. The molecule has 2 aromatic carbocycles. The van der Waals surface area contributed by atoms with Crippen LogP contribution >= 0.6 is 11.6 Å². The van der Waals surface area contributed by atoms with Gasteiger partial charge >= 0.3 is 5.97 Å². The highest BCUT2D eigenvalue weighted by Gasteiger charge is 2.29. The SMILES string of the molecule is C[C@@H](CN[C@H](c1ccccc1)[C@H]1CNc2cccnc2O1)c1ccc(Cl)c(CC(=O)O)c1. The second-order valence-corrected chi connectivity index (χ2v) is 8.42. The first-order valence-electron chi connectivity index (χ1n) is 10.6. The van der Waals surface area contributed by atoms with Crippen molar-refractivity contribution >= 4 is 23.3 Å². The molecule has 0 unspecified atom stereocenters. The summed E-state index contributed by atoms with van der Waals surface area (Å²) < 4.78 is 6.25. The molecular weight excluding hydrogens is 426 g/mol. The standard InChI is InChI=1S/C25H26ClN3O3/c1-16(18-9-10-20(26)19(12-18)13-23(30)31)14-29-24(17-6-3-2-4-7-17)22-15-28-21-8-5-11-27-25(21)32-22/h2-12,16,22,24,28-29H,13-15H2,1H3,(H,30,31)/t16-,22+,24+/m0/s1. The van der Waals surface area contributed by atoms with Crippen molar-refractivity contribution in [3.63, 3.8) is 0 Å². The normalized spacial score (nSPS) is 16.9. The van der Waals surface area contributed by atoms with Crippen LogP contribution in [0.3, 0.4) is 0 Å². The molecule has 32 heavy (non-hydrogen) atoms. The van der Waals surface area contributed by atoms with E-state index in [2.05, 4.69) is 34.7 Å². The number of aliphatic carboxylic acids is 1. The fourth-order valence-electron chi connectivity index (χ4n) is 3.95. The Bertz CT molecular complexity index is 1080. The summed E-state index contributed by atoms with van der Waals surface area (Å²) >= 11 is 6.19. The van der Waals surface area contributed by atoms with Gasteiger partial charge < -0.3 is 20.5 Å². The molecule has 0 radical (unpaired) electrons. The van der Waals surface area contributed by atoms with Crippen molar-refractivity contribution < 1.29 is 14.6 Å². The number of pyridine rings is 1. The third-order valence-electron chi connectivity index (χ3n) is 5.68. The summed E-state index contributed by atoms with van der Waals surface area (Å²) in [7, 11) is 0. The van der Waals surface area contributed by atoms with E-state index in [1.165, 1.54) is 0 Å². The smallest absolute Gasteiger partial charge is 0.307 e. The predicted octanol–water partition coefficient (Wildman–Crippen LogP) is 4.67. The van der Waals surface area contributed by atoms with Gasteiger partial charge in [-0.3, -0.25) is 4.79 Å². The number of hydrogen-bond acceptors (Lipinski definition) is 5. The van der Waals surface area contributed by atoms with Crippen molar-refractivity contribution in [1.82, 2.24) is 10.3 Å². The molecule has 0 spiro atoms. The molecule has 3 N–H and O–H groups in total. The van der Waals surface area contributed by atoms with E-state index < -0.39 is 5.97 Å². The maximum Gasteiger partial charge on any atom is 0.307 e.